The number of aromatic nitrogens is 3. The molecular weight excluding hydrogens is 397 g/mol. The van der Waals surface area contributed by atoms with Gasteiger partial charge in [0.25, 0.3) is 0 Å². The van der Waals surface area contributed by atoms with Crippen molar-refractivity contribution in [3.05, 3.63) is 72.8 Å². The Morgan fingerprint density at radius 2 is 1.44 bits per heavy atom. The van der Waals surface area contributed by atoms with E-state index < -0.39 is 7.12 Å². The number of imidazole rings is 1. The predicted molar refractivity (Wildman–Crippen MR) is 129 cm³/mol. The third-order valence-corrected chi connectivity index (χ3v) is 6.81. The first-order valence-corrected chi connectivity index (χ1v) is 11.0. The minimum absolute atomic E-state index is 0.386. The summed E-state index contributed by atoms with van der Waals surface area (Å²) < 4.78 is 14.7. The molecule has 3 heterocycles. The van der Waals surface area contributed by atoms with E-state index >= 15 is 0 Å². The van der Waals surface area contributed by atoms with Gasteiger partial charge in [0.15, 0.2) is 0 Å². The molecule has 158 valence electrons. The Hall–Kier alpha value is -3.22. The molecule has 0 radical (unpaired) electrons. The van der Waals surface area contributed by atoms with Gasteiger partial charge >= 0.3 is 7.12 Å². The van der Waals surface area contributed by atoms with Crippen LogP contribution in [0.1, 0.15) is 27.7 Å². The lowest BCUT2D eigenvalue weighted by Crippen LogP contribution is -2.41. The maximum Gasteiger partial charge on any atom is 0.494 e. The number of benzene rings is 3. The summed E-state index contributed by atoms with van der Waals surface area (Å²) in [5, 5.41) is 1.04. The average molecular weight is 421 g/mol. The summed E-state index contributed by atoms with van der Waals surface area (Å²) in [6.45, 7) is 8.29. The minimum Gasteiger partial charge on any atom is -0.399 e. The Morgan fingerprint density at radius 1 is 0.750 bits per heavy atom. The van der Waals surface area contributed by atoms with Crippen LogP contribution >= 0.6 is 0 Å². The molecule has 2 aromatic heterocycles. The van der Waals surface area contributed by atoms with Gasteiger partial charge in [-0.05, 0) is 57.4 Å². The molecule has 32 heavy (non-hydrogen) atoms. The number of para-hydroxylation sites is 3. The second kappa shape index (κ2) is 6.64. The molecule has 1 aliphatic heterocycles. The second-order valence-corrected chi connectivity index (χ2v) is 9.43. The SMILES string of the molecule is CC1(C)OB(c2cccc(-c3nc4ccccc4c4nc5ccccc5n34)c2)OC1(C)C. The molecule has 6 rings (SSSR count). The van der Waals surface area contributed by atoms with E-state index in [4.69, 9.17) is 19.3 Å². The third-order valence-electron chi connectivity index (χ3n) is 6.81. The number of rotatable bonds is 2. The van der Waals surface area contributed by atoms with E-state index in [1.807, 2.05) is 42.5 Å². The van der Waals surface area contributed by atoms with Crippen molar-refractivity contribution < 1.29 is 9.31 Å². The van der Waals surface area contributed by atoms with Crippen molar-refractivity contribution in [3.63, 3.8) is 0 Å². The summed E-state index contributed by atoms with van der Waals surface area (Å²) in [4.78, 5) is 10.0. The van der Waals surface area contributed by atoms with Gasteiger partial charge in [-0.1, -0.05) is 48.5 Å². The molecule has 0 saturated carbocycles. The fourth-order valence-electron chi connectivity index (χ4n) is 4.34. The number of fused-ring (bicyclic) bond motifs is 5. The van der Waals surface area contributed by atoms with E-state index in [9.17, 15) is 0 Å². The Balaban J connectivity index is 1.58. The van der Waals surface area contributed by atoms with Gasteiger partial charge in [-0.3, -0.25) is 4.40 Å². The molecule has 3 aromatic carbocycles. The summed E-state index contributed by atoms with van der Waals surface area (Å²) >= 11 is 0. The molecule has 0 atom stereocenters. The van der Waals surface area contributed by atoms with Crippen molar-refractivity contribution in [2.24, 2.45) is 0 Å². The predicted octanol–water partition coefficient (Wildman–Crippen LogP) is 5.00. The van der Waals surface area contributed by atoms with Gasteiger partial charge < -0.3 is 9.31 Å². The zero-order chi connectivity index (χ0) is 22.1. The Labute approximate surface area is 187 Å². The molecule has 6 heteroatoms. The fraction of sp³-hybridized carbons (Fsp3) is 0.231. The molecule has 0 spiro atoms. The van der Waals surface area contributed by atoms with Crippen LogP contribution in [0.2, 0.25) is 0 Å². The summed E-state index contributed by atoms with van der Waals surface area (Å²) in [6, 6.07) is 24.6. The largest absolute Gasteiger partial charge is 0.494 e. The Morgan fingerprint density at radius 3 is 2.22 bits per heavy atom. The van der Waals surface area contributed by atoms with Gasteiger partial charge in [-0.25, -0.2) is 9.97 Å². The lowest BCUT2D eigenvalue weighted by Gasteiger charge is -2.32. The molecule has 5 nitrogen and oxygen atoms in total. The third kappa shape index (κ3) is 2.80. The zero-order valence-corrected chi connectivity index (χ0v) is 18.7. The second-order valence-electron chi connectivity index (χ2n) is 9.43. The van der Waals surface area contributed by atoms with E-state index in [1.54, 1.807) is 0 Å². The van der Waals surface area contributed by atoms with Crippen molar-refractivity contribution >= 4 is 40.2 Å². The van der Waals surface area contributed by atoms with E-state index in [2.05, 4.69) is 62.4 Å². The lowest BCUT2D eigenvalue weighted by atomic mass is 9.78. The highest BCUT2D eigenvalue weighted by molar-refractivity contribution is 6.62. The number of hydrogen-bond acceptors (Lipinski definition) is 4. The molecule has 1 aliphatic rings. The molecular formula is C26H24BN3O2. The van der Waals surface area contributed by atoms with E-state index in [0.717, 1.165) is 44.4 Å². The molecule has 0 unspecified atom stereocenters. The first kappa shape index (κ1) is 19.5. The molecule has 0 aliphatic carbocycles. The van der Waals surface area contributed by atoms with Crippen molar-refractivity contribution in [1.82, 2.24) is 14.4 Å². The molecule has 0 bridgehead atoms. The summed E-state index contributed by atoms with van der Waals surface area (Å²) in [5.74, 6) is 0.853. The van der Waals surface area contributed by atoms with E-state index in [0.29, 0.717) is 0 Å². The number of hydrogen-bond donors (Lipinski definition) is 0. The van der Waals surface area contributed by atoms with Gasteiger partial charge in [0.1, 0.15) is 11.5 Å². The smallest absolute Gasteiger partial charge is 0.399 e. The van der Waals surface area contributed by atoms with Crippen molar-refractivity contribution in [1.29, 1.82) is 0 Å². The monoisotopic (exact) mass is 421 g/mol. The van der Waals surface area contributed by atoms with Crippen LogP contribution in [-0.2, 0) is 9.31 Å². The highest BCUT2D eigenvalue weighted by atomic mass is 16.7. The van der Waals surface area contributed by atoms with E-state index in [1.165, 1.54) is 0 Å². The van der Waals surface area contributed by atoms with Crippen LogP contribution in [0.5, 0.6) is 0 Å². The zero-order valence-electron chi connectivity index (χ0n) is 18.7. The summed E-state index contributed by atoms with van der Waals surface area (Å²) in [5.41, 5.74) is 5.03. The standard InChI is InChI=1S/C26H24BN3O2/c1-25(2)26(3,4)32-27(31-25)18-11-9-10-17(16-18)23-28-20-13-6-5-12-19(20)24-29-21-14-7-8-15-22(21)30(23)24/h5-16H,1-4H3. The average Bonchev–Trinajstić information content (AvgIpc) is 3.27. The first-order valence-electron chi connectivity index (χ1n) is 11.0. The van der Waals surface area contributed by atoms with Crippen molar-refractivity contribution in [2.45, 2.75) is 38.9 Å². The summed E-state index contributed by atoms with van der Waals surface area (Å²) in [7, 11) is -0.421. The van der Waals surface area contributed by atoms with Crippen LogP contribution in [0.4, 0.5) is 0 Å². The van der Waals surface area contributed by atoms with Crippen LogP contribution in [0, 0.1) is 0 Å². The van der Waals surface area contributed by atoms with Gasteiger partial charge in [0.05, 0.1) is 27.8 Å². The topological polar surface area (TPSA) is 48.7 Å². The van der Waals surface area contributed by atoms with Gasteiger partial charge in [-0.15, -0.1) is 0 Å². The Kier molecular flexibility index (Phi) is 4.04. The van der Waals surface area contributed by atoms with Gasteiger partial charge in [0, 0.05) is 10.9 Å². The van der Waals surface area contributed by atoms with Crippen molar-refractivity contribution in [3.8, 4) is 11.4 Å². The molecule has 0 amide bonds. The summed E-state index contributed by atoms with van der Waals surface area (Å²) in [6.07, 6.45) is 0. The maximum absolute atomic E-state index is 6.29. The van der Waals surface area contributed by atoms with Gasteiger partial charge in [0.2, 0.25) is 0 Å². The van der Waals surface area contributed by atoms with E-state index in [-0.39, 0.29) is 11.2 Å². The normalized spacial score (nSPS) is 17.6. The van der Waals surface area contributed by atoms with Crippen LogP contribution in [0.25, 0.3) is 39.0 Å². The van der Waals surface area contributed by atoms with Crippen LogP contribution in [-0.4, -0.2) is 32.7 Å². The Bertz CT molecular complexity index is 1490. The highest BCUT2D eigenvalue weighted by Crippen LogP contribution is 2.37. The van der Waals surface area contributed by atoms with Crippen LogP contribution < -0.4 is 5.46 Å². The maximum atomic E-state index is 6.29. The first-order chi connectivity index (χ1) is 15.3. The molecule has 1 fully saturated rings. The fourth-order valence-corrected chi connectivity index (χ4v) is 4.34. The molecule has 0 N–H and O–H groups in total. The highest BCUT2D eigenvalue weighted by Gasteiger charge is 2.51. The minimum atomic E-state index is -0.421. The quantitative estimate of drug-likeness (QED) is 0.377. The number of nitrogens with zero attached hydrogens (tertiary/aromatic N) is 3. The van der Waals surface area contributed by atoms with Crippen LogP contribution in [0.3, 0.4) is 0 Å². The van der Waals surface area contributed by atoms with Crippen LogP contribution in [0.15, 0.2) is 72.8 Å². The lowest BCUT2D eigenvalue weighted by molar-refractivity contribution is 0.00578. The van der Waals surface area contributed by atoms with Crippen molar-refractivity contribution in [2.75, 3.05) is 0 Å². The molecule has 5 aromatic rings. The van der Waals surface area contributed by atoms with Gasteiger partial charge in [-0.2, -0.15) is 0 Å². The molecule has 1 saturated heterocycles.